The van der Waals surface area contributed by atoms with Crippen molar-refractivity contribution in [1.82, 2.24) is 5.32 Å². The molecule has 1 saturated heterocycles. The summed E-state index contributed by atoms with van der Waals surface area (Å²) in [6.07, 6.45) is 1.11. The summed E-state index contributed by atoms with van der Waals surface area (Å²) in [5.74, 6) is 0.491. The van der Waals surface area contributed by atoms with Gasteiger partial charge in [0.05, 0.1) is 0 Å². The van der Waals surface area contributed by atoms with Gasteiger partial charge in [0.25, 0.3) is 0 Å². The van der Waals surface area contributed by atoms with E-state index in [4.69, 9.17) is 0 Å². The van der Waals surface area contributed by atoms with E-state index in [0.717, 1.165) is 37.3 Å². The Morgan fingerprint density at radius 3 is 2.89 bits per heavy atom. The third kappa shape index (κ3) is 2.83. The number of hydrogen-bond donors (Lipinski definition) is 1. The van der Waals surface area contributed by atoms with E-state index in [-0.39, 0.29) is 5.82 Å². The van der Waals surface area contributed by atoms with Gasteiger partial charge < -0.3 is 10.2 Å². The Morgan fingerprint density at radius 2 is 2.17 bits per heavy atom. The summed E-state index contributed by atoms with van der Waals surface area (Å²) in [6.45, 7) is 9.35. The van der Waals surface area contributed by atoms with Gasteiger partial charge in [-0.15, -0.1) is 0 Å². The number of benzene rings is 1. The van der Waals surface area contributed by atoms with Crippen LogP contribution in [0.15, 0.2) is 18.2 Å². The first-order valence-electron chi connectivity index (χ1n) is 6.83. The Balaban J connectivity index is 2.22. The summed E-state index contributed by atoms with van der Waals surface area (Å²) < 4.78 is 13.6. The second-order valence-electron chi connectivity index (χ2n) is 5.49. The Bertz CT molecular complexity index is 403. The number of halogens is 1. The Morgan fingerprint density at radius 1 is 1.39 bits per heavy atom. The fourth-order valence-electron chi connectivity index (χ4n) is 2.55. The minimum atomic E-state index is -0.106. The number of hydrogen-bond acceptors (Lipinski definition) is 2. The van der Waals surface area contributed by atoms with Crippen LogP contribution in [0.25, 0.3) is 0 Å². The molecule has 100 valence electrons. The van der Waals surface area contributed by atoms with Gasteiger partial charge in [-0.3, -0.25) is 0 Å². The van der Waals surface area contributed by atoms with Crippen LogP contribution in [0.5, 0.6) is 0 Å². The van der Waals surface area contributed by atoms with Crippen molar-refractivity contribution in [3.8, 4) is 0 Å². The molecule has 0 saturated carbocycles. The highest BCUT2D eigenvalue weighted by molar-refractivity contribution is 5.53. The van der Waals surface area contributed by atoms with E-state index in [2.05, 4.69) is 24.1 Å². The average Bonchev–Trinajstić information content (AvgIpc) is 2.58. The molecule has 0 amide bonds. The van der Waals surface area contributed by atoms with E-state index in [1.165, 1.54) is 6.07 Å². The van der Waals surface area contributed by atoms with Gasteiger partial charge >= 0.3 is 0 Å². The van der Waals surface area contributed by atoms with E-state index >= 15 is 0 Å². The molecule has 0 aliphatic carbocycles. The van der Waals surface area contributed by atoms with Crippen LogP contribution >= 0.6 is 0 Å². The first-order valence-corrected chi connectivity index (χ1v) is 6.83. The van der Waals surface area contributed by atoms with Crippen molar-refractivity contribution in [3.63, 3.8) is 0 Å². The Kier molecular flexibility index (Phi) is 4.23. The Hall–Kier alpha value is -1.09. The first-order chi connectivity index (χ1) is 8.59. The number of rotatable bonds is 2. The van der Waals surface area contributed by atoms with E-state index in [1.807, 2.05) is 13.0 Å². The van der Waals surface area contributed by atoms with Crippen molar-refractivity contribution in [2.45, 2.75) is 33.2 Å². The molecule has 0 spiro atoms. The highest BCUT2D eigenvalue weighted by Crippen LogP contribution is 2.24. The molecule has 2 nitrogen and oxygen atoms in total. The fraction of sp³-hybridized carbons (Fsp3) is 0.600. The van der Waals surface area contributed by atoms with Crippen molar-refractivity contribution < 1.29 is 4.39 Å². The van der Waals surface area contributed by atoms with Crippen LogP contribution in [0.3, 0.4) is 0 Å². The molecule has 0 bridgehead atoms. The molecule has 1 aromatic rings. The lowest BCUT2D eigenvalue weighted by atomic mass is 10.0. The van der Waals surface area contributed by atoms with Crippen LogP contribution in [0.1, 0.15) is 25.8 Å². The molecule has 1 unspecified atom stereocenters. The highest BCUT2D eigenvalue weighted by Gasteiger charge is 2.21. The topological polar surface area (TPSA) is 15.3 Å². The van der Waals surface area contributed by atoms with Crippen LogP contribution in [0.4, 0.5) is 10.1 Å². The molecule has 1 aliphatic heterocycles. The molecule has 3 heteroatoms. The number of nitrogens with one attached hydrogen (secondary N) is 1. The van der Waals surface area contributed by atoms with Gasteiger partial charge in [-0.25, -0.2) is 4.39 Å². The second kappa shape index (κ2) is 5.70. The third-order valence-corrected chi connectivity index (χ3v) is 3.81. The summed E-state index contributed by atoms with van der Waals surface area (Å²) in [6, 6.07) is 5.85. The summed E-state index contributed by atoms with van der Waals surface area (Å²) in [5.41, 5.74) is 1.81. The molecule has 0 aromatic heterocycles. The van der Waals surface area contributed by atoms with Gasteiger partial charge in [-0.05, 0) is 37.9 Å². The van der Waals surface area contributed by atoms with Gasteiger partial charge in [-0.2, -0.15) is 0 Å². The smallest absolute Gasteiger partial charge is 0.128 e. The maximum Gasteiger partial charge on any atom is 0.128 e. The molecular weight excluding hydrogens is 227 g/mol. The molecule has 1 aliphatic rings. The summed E-state index contributed by atoms with van der Waals surface area (Å²) >= 11 is 0. The number of nitrogens with zero attached hydrogens (tertiary/aromatic N) is 1. The van der Waals surface area contributed by atoms with Gasteiger partial charge in [-0.1, -0.05) is 19.9 Å². The third-order valence-electron chi connectivity index (χ3n) is 3.81. The maximum absolute atomic E-state index is 13.6. The lowest BCUT2D eigenvalue weighted by Gasteiger charge is -2.29. The minimum Gasteiger partial charge on any atom is -0.370 e. The molecule has 1 aromatic carbocycles. The lowest BCUT2D eigenvalue weighted by Crippen LogP contribution is -2.41. The van der Waals surface area contributed by atoms with Crippen molar-refractivity contribution in [3.05, 3.63) is 29.6 Å². The zero-order chi connectivity index (χ0) is 13.1. The first kappa shape index (κ1) is 13.3. The predicted molar refractivity (Wildman–Crippen MR) is 74.6 cm³/mol. The second-order valence-corrected chi connectivity index (χ2v) is 5.49. The number of anilines is 1. The van der Waals surface area contributed by atoms with Gasteiger partial charge in [0.2, 0.25) is 0 Å². The summed E-state index contributed by atoms with van der Waals surface area (Å²) in [4.78, 5) is 2.32. The zero-order valence-corrected chi connectivity index (χ0v) is 11.5. The monoisotopic (exact) mass is 250 g/mol. The molecule has 1 atom stereocenters. The van der Waals surface area contributed by atoms with Crippen LogP contribution in [-0.2, 0) is 0 Å². The van der Waals surface area contributed by atoms with Crippen LogP contribution in [0.2, 0.25) is 0 Å². The molecule has 18 heavy (non-hydrogen) atoms. The van der Waals surface area contributed by atoms with E-state index in [0.29, 0.717) is 12.0 Å². The van der Waals surface area contributed by atoms with Crippen LogP contribution in [-0.4, -0.2) is 25.7 Å². The highest BCUT2D eigenvalue weighted by atomic mass is 19.1. The SMILES string of the molecule is Cc1c(F)cccc1N1CCCNC(C(C)C)C1. The Labute approximate surface area is 109 Å². The quantitative estimate of drug-likeness (QED) is 0.868. The van der Waals surface area contributed by atoms with E-state index in [1.54, 1.807) is 6.07 Å². The molecule has 0 radical (unpaired) electrons. The summed E-state index contributed by atoms with van der Waals surface area (Å²) in [5, 5.41) is 3.58. The minimum absolute atomic E-state index is 0.106. The summed E-state index contributed by atoms with van der Waals surface area (Å²) in [7, 11) is 0. The van der Waals surface area contributed by atoms with Crippen molar-refractivity contribution >= 4 is 5.69 Å². The molecule has 1 heterocycles. The van der Waals surface area contributed by atoms with Gasteiger partial charge in [0.1, 0.15) is 5.82 Å². The van der Waals surface area contributed by atoms with Crippen molar-refractivity contribution in [1.29, 1.82) is 0 Å². The van der Waals surface area contributed by atoms with Crippen molar-refractivity contribution in [2.24, 2.45) is 5.92 Å². The molecular formula is C15H23FN2. The predicted octanol–water partition coefficient (Wildman–Crippen LogP) is 2.96. The normalized spacial score (nSPS) is 21.2. The molecule has 2 rings (SSSR count). The zero-order valence-electron chi connectivity index (χ0n) is 11.5. The molecule has 1 fully saturated rings. The van der Waals surface area contributed by atoms with Crippen LogP contribution in [0, 0.1) is 18.7 Å². The van der Waals surface area contributed by atoms with Gasteiger partial charge in [0, 0.05) is 30.4 Å². The fourth-order valence-corrected chi connectivity index (χ4v) is 2.55. The maximum atomic E-state index is 13.6. The lowest BCUT2D eigenvalue weighted by molar-refractivity contribution is 0.420. The van der Waals surface area contributed by atoms with E-state index in [9.17, 15) is 4.39 Å². The largest absolute Gasteiger partial charge is 0.370 e. The van der Waals surface area contributed by atoms with Crippen molar-refractivity contribution in [2.75, 3.05) is 24.5 Å². The van der Waals surface area contributed by atoms with Gasteiger partial charge in [0.15, 0.2) is 0 Å². The van der Waals surface area contributed by atoms with Crippen LogP contribution < -0.4 is 10.2 Å². The standard InChI is InChI=1S/C15H23FN2/c1-11(2)14-10-18(9-5-8-17-14)15-7-4-6-13(16)12(15)3/h4,6-7,11,14,17H,5,8-10H2,1-3H3. The average molecular weight is 250 g/mol. The molecule has 1 N–H and O–H groups in total. The van der Waals surface area contributed by atoms with E-state index < -0.39 is 0 Å².